The van der Waals surface area contributed by atoms with Gasteiger partial charge in [-0.05, 0) is 24.6 Å². The molecule has 0 fully saturated rings. The van der Waals surface area contributed by atoms with Gasteiger partial charge in [-0.15, -0.1) is 11.8 Å². The van der Waals surface area contributed by atoms with Crippen LogP contribution in [0.15, 0.2) is 23.1 Å². The quantitative estimate of drug-likeness (QED) is 0.633. The molecule has 1 aromatic rings. The summed E-state index contributed by atoms with van der Waals surface area (Å²) in [6, 6.07) is 5.05. The summed E-state index contributed by atoms with van der Waals surface area (Å²) >= 11 is 7.04. The van der Waals surface area contributed by atoms with Crippen molar-refractivity contribution >= 4 is 35.0 Å². The number of benzene rings is 1. The van der Waals surface area contributed by atoms with Crippen LogP contribution in [0.4, 0.5) is 5.69 Å². The predicted octanol–water partition coefficient (Wildman–Crippen LogP) is 2.88. The molecule has 0 saturated carbocycles. The molecule has 0 bridgehead atoms. The first-order valence-corrected chi connectivity index (χ1v) is 5.74. The van der Waals surface area contributed by atoms with E-state index in [-0.39, 0.29) is 0 Å². The lowest BCUT2D eigenvalue weighted by Gasteiger charge is -2.11. The van der Waals surface area contributed by atoms with E-state index >= 15 is 0 Å². The van der Waals surface area contributed by atoms with Crippen LogP contribution < -0.4 is 5.73 Å². The van der Waals surface area contributed by atoms with Gasteiger partial charge in [0.15, 0.2) is 0 Å². The number of carbonyl (C=O) groups is 1. The van der Waals surface area contributed by atoms with E-state index in [9.17, 15) is 4.79 Å². The maximum absolute atomic E-state index is 10.8. The van der Waals surface area contributed by atoms with E-state index < -0.39 is 11.2 Å². The third-order valence-corrected chi connectivity index (χ3v) is 3.55. The second-order valence-electron chi connectivity index (χ2n) is 3.04. The summed E-state index contributed by atoms with van der Waals surface area (Å²) < 4.78 is 0. The molecule has 1 unspecified atom stereocenters. The first-order chi connectivity index (χ1) is 7.04. The monoisotopic (exact) mass is 245 g/mol. The zero-order valence-corrected chi connectivity index (χ0v) is 9.81. The molecule has 5 heteroatoms. The van der Waals surface area contributed by atoms with Crippen LogP contribution in [0.2, 0.25) is 5.02 Å². The lowest BCUT2D eigenvalue weighted by molar-refractivity contribution is -0.136. The summed E-state index contributed by atoms with van der Waals surface area (Å²) in [5, 5.41) is 8.98. The number of aliphatic carboxylic acids is 1. The Labute approximate surface area is 97.6 Å². The van der Waals surface area contributed by atoms with Gasteiger partial charge in [0.05, 0.1) is 0 Å². The van der Waals surface area contributed by atoms with Crippen molar-refractivity contribution in [1.29, 1.82) is 0 Å². The predicted molar refractivity (Wildman–Crippen MR) is 63.4 cm³/mol. The molecule has 0 heterocycles. The van der Waals surface area contributed by atoms with Gasteiger partial charge in [0, 0.05) is 15.6 Å². The SMILES string of the molecule is CCC(Sc1cc(Cl)ccc1N)C(=O)O. The number of hydrogen-bond donors (Lipinski definition) is 2. The Morgan fingerprint density at radius 2 is 2.33 bits per heavy atom. The molecule has 0 aliphatic rings. The van der Waals surface area contributed by atoms with Crippen LogP contribution in [0.5, 0.6) is 0 Å². The molecule has 1 rings (SSSR count). The first-order valence-electron chi connectivity index (χ1n) is 4.49. The Balaban J connectivity index is 2.87. The van der Waals surface area contributed by atoms with Gasteiger partial charge < -0.3 is 10.8 Å². The number of carboxylic acids is 1. The van der Waals surface area contributed by atoms with Gasteiger partial charge in [0.1, 0.15) is 5.25 Å². The molecule has 0 radical (unpaired) electrons. The van der Waals surface area contributed by atoms with Crippen LogP contribution in [0.1, 0.15) is 13.3 Å². The van der Waals surface area contributed by atoms with Crippen molar-refractivity contribution < 1.29 is 9.90 Å². The molecule has 15 heavy (non-hydrogen) atoms. The Bertz CT molecular complexity index is 370. The van der Waals surface area contributed by atoms with E-state index in [1.807, 2.05) is 6.92 Å². The maximum atomic E-state index is 10.8. The van der Waals surface area contributed by atoms with Crippen LogP contribution in [0.25, 0.3) is 0 Å². The van der Waals surface area contributed by atoms with Gasteiger partial charge in [0.25, 0.3) is 0 Å². The van der Waals surface area contributed by atoms with E-state index in [0.717, 1.165) is 4.90 Å². The van der Waals surface area contributed by atoms with Gasteiger partial charge >= 0.3 is 5.97 Å². The van der Waals surface area contributed by atoms with Crippen molar-refractivity contribution in [1.82, 2.24) is 0 Å². The standard InChI is InChI=1S/C10H12ClNO2S/c1-2-8(10(13)14)15-9-5-6(11)3-4-7(9)12/h3-5,8H,2,12H2,1H3,(H,13,14). The molecule has 0 saturated heterocycles. The lowest BCUT2D eigenvalue weighted by atomic mass is 10.3. The molecule has 82 valence electrons. The van der Waals surface area contributed by atoms with Crippen LogP contribution in [0.3, 0.4) is 0 Å². The third kappa shape index (κ3) is 3.32. The van der Waals surface area contributed by atoms with Crippen molar-refractivity contribution in [3.05, 3.63) is 23.2 Å². The van der Waals surface area contributed by atoms with E-state index in [0.29, 0.717) is 17.1 Å². The summed E-state index contributed by atoms with van der Waals surface area (Å²) in [7, 11) is 0. The van der Waals surface area contributed by atoms with Crippen LogP contribution in [-0.4, -0.2) is 16.3 Å². The Hall–Kier alpha value is -0.870. The van der Waals surface area contributed by atoms with Crippen LogP contribution >= 0.6 is 23.4 Å². The minimum Gasteiger partial charge on any atom is -0.480 e. The van der Waals surface area contributed by atoms with Crippen molar-refractivity contribution in [3.8, 4) is 0 Å². The van der Waals surface area contributed by atoms with Gasteiger partial charge in [-0.2, -0.15) is 0 Å². The largest absolute Gasteiger partial charge is 0.480 e. The van der Waals surface area contributed by atoms with Crippen molar-refractivity contribution in [2.75, 3.05) is 5.73 Å². The smallest absolute Gasteiger partial charge is 0.316 e. The molecule has 1 atom stereocenters. The number of carboxylic acid groups (broad SMARTS) is 1. The normalized spacial score (nSPS) is 12.4. The summed E-state index contributed by atoms with van der Waals surface area (Å²) in [6.45, 7) is 1.83. The first kappa shape index (κ1) is 12.2. The zero-order chi connectivity index (χ0) is 11.4. The van der Waals surface area contributed by atoms with Crippen molar-refractivity contribution in [3.63, 3.8) is 0 Å². The fourth-order valence-corrected chi connectivity index (χ4v) is 2.28. The molecule has 0 aromatic heterocycles. The summed E-state index contributed by atoms with van der Waals surface area (Å²) in [5.74, 6) is -0.832. The Kier molecular flexibility index (Phi) is 4.29. The van der Waals surface area contributed by atoms with Gasteiger partial charge in [0.2, 0.25) is 0 Å². The minimum absolute atomic E-state index is 0.481. The highest BCUT2D eigenvalue weighted by atomic mass is 35.5. The van der Waals surface area contributed by atoms with E-state index in [4.69, 9.17) is 22.4 Å². The average molecular weight is 246 g/mol. The topological polar surface area (TPSA) is 63.3 Å². The van der Waals surface area contributed by atoms with E-state index in [2.05, 4.69) is 0 Å². The molecule has 1 aromatic carbocycles. The number of nitrogen functional groups attached to an aromatic ring is 1. The second kappa shape index (κ2) is 5.28. The fourth-order valence-electron chi connectivity index (χ4n) is 1.07. The Morgan fingerprint density at radius 3 is 2.87 bits per heavy atom. The number of thioether (sulfide) groups is 1. The molecular formula is C10H12ClNO2S. The number of nitrogens with two attached hydrogens (primary N) is 1. The van der Waals surface area contributed by atoms with Gasteiger partial charge in [-0.25, -0.2) is 0 Å². The van der Waals surface area contributed by atoms with E-state index in [1.54, 1.807) is 18.2 Å². The summed E-state index contributed by atoms with van der Waals surface area (Å²) in [6.07, 6.45) is 0.548. The molecule has 0 aliphatic carbocycles. The molecule has 0 aliphatic heterocycles. The maximum Gasteiger partial charge on any atom is 0.316 e. The van der Waals surface area contributed by atoms with Crippen LogP contribution in [-0.2, 0) is 4.79 Å². The minimum atomic E-state index is -0.832. The van der Waals surface area contributed by atoms with Crippen molar-refractivity contribution in [2.45, 2.75) is 23.5 Å². The van der Waals surface area contributed by atoms with Gasteiger partial charge in [-0.3, -0.25) is 4.79 Å². The number of halogens is 1. The zero-order valence-electron chi connectivity index (χ0n) is 8.24. The highest BCUT2D eigenvalue weighted by Crippen LogP contribution is 2.32. The van der Waals surface area contributed by atoms with E-state index in [1.165, 1.54) is 11.8 Å². The molecule has 3 nitrogen and oxygen atoms in total. The number of anilines is 1. The highest BCUT2D eigenvalue weighted by molar-refractivity contribution is 8.00. The second-order valence-corrected chi connectivity index (χ2v) is 4.72. The summed E-state index contributed by atoms with van der Waals surface area (Å²) in [4.78, 5) is 11.6. The summed E-state index contributed by atoms with van der Waals surface area (Å²) in [5.41, 5.74) is 6.28. The average Bonchev–Trinajstić information content (AvgIpc) is 2.18. The van der Waals surface area contributed by atoms with Crippen LogP contribution in [0, 0.1) is 0 Å². The molecule has 0 spiro atoms. The lowest BCUT2D eigenvalue weighted by Crippen LogP contribution is -2.14. The molecular weight excluding hydrogens is 234 g/mol. The third-order valence-electron chi connectivity index (χ3n) is 1.89. The number of rotatable bonds is 4. The Morgan fingerprint density at radius 1 is 1.67 bits per heavy atom. The highest BCUT2D eigenvalue weighted by Gasteiger charge is 2.17. The fraction of sp³-hybridized carbons (Fsp3) is 0.300. The molecule has 3 N–H and O–H groups in total. The molecule has 0 amide bonds. The number of hydrogen-bond acceptors (Lipinski definition) is 3. The van der Waals surface area contributed by atoms with Gasteiger partial charge in [-0.1, -0.05) is 18.5 Å². The van der Waals surface area contributed by atoms with Crippen molar-refractivity contribution in [2.24, 2.45) is 0 Å².